The smallest absolute Gasteiger partial charge is 0.360 e. The monoisotopic (exact) mass is 295 g/mol. The van der Waals surface area contributed by atoms with Crippen LogP contribution in [0.3, 0.4) is 0 Å². The fraction of sp³-hybridized carbons (Fsp3) is 0.600. The van der Waals surface area contributed by atoms with Crippen molar-refractivity contribution in [2.45, 2.75) is 30.7 Å². The molecule has 0 fully saturated rings. The molecule has 0 radical (unpaired) electrons. The molecule has 0 spiro atoms. The second-order valence-corrected chi connectivity index (χ2v) is 6.17. The maximum absolute atomic E-state index is 11.9. The van der Waals surface area contributed by atoms with Crippen LogP contribution in [0.5, 0.6) is 0 Å². The first-order valence-electron chi connectivity index (χ1n) is 5.36. The highest BCUT2D eigenvalue weighted by Crippen LogP contribution is 2.18. The third kappa shape index (κ3) is 3.23. The van der Waals surface area contributed by atoms with Gasteiger partial charge in [-0.2, -0.15) is 4.98 Å². The van der Waals surface area contributed by atoms with Gasteiger partial charge in [0.25, 0.3) is 0 Å². The molecule has 0 aliphatic heterocycles. The summed E-state index contributed by atoms with van der Waals surface area (Å²) in [5.74, 6) is -0.501. The molecule has 102 valence electrons. The van der Waals surface area contributed by atoms with E-state index < -0.39 is 26.3 Å². The first kappa shape index (κ1) is 15.0. The minimum absolute atomic E-state index is 0.159. The minimum Gasteiger partial charge on any atom is -0.461 e. The Bertz CT molecular complexity index is 510. The van der Waals surface area contributed by atoms with E-state index in [1.165, 1.54) is 6.92 Å². The minimum atomic E-state index is -3.70. The van der Waals surface area contributed by atoms with Crippen molar-refractivity contribution in [3.63, 3.8) is 0 Å². The maximum Gasteiger partial charge on any atom is 0.360 e. The lowest BCUT2D eigenvalue weighted by Gasteiger charge is -2.06. The molecule has 1 rings (SSSR count). The Morgan fingerprint density at radius 2 is 2.28 bits per heavy atom. The molecular formula is C10H14ClNO5S. The molecule has 0 saturated carbocycles. The van der Waals surface area contributed by atoms with Crippen molar-refractivity contribution in [2.75, 3.05) is 12.5 Å². The van der Waals surface area contributed by atoms with Crippen molar-refractivity contribution in [3.8, 4) is 0 Å². The van der Waals surface area contributed by atoms with Crippen molar-refractivity contribution in [1.82, 2.24) is 4.98 Å². The zero-order chi connectivity index (χ0) is 13.8. The highest BCUT2D eigenvalue weighted by molar-refractivity contribution is 7.91. The van der Waals surface area contributed by atoms with Crippen LogP contribution in [0.2, 0.25) is 0 Å². The number of aromatic nitrogens is 1. The van der Waals surface area contributed by atoms with Gasteiger partial charge in [-0.25, -0.2) is 13.2 Å². The Labute approximate surface area is 110 Å². The number of esters is 1. The van der Waals surface area contributed by atoms with E-state index in [4.69, 9.17) is 16.0 Å². The highest BCUT2D eigenvalue weighted by atomic mass is 35.5. The van der Waals surface area contributed by atoms with Crippen LogP contribution in [0, 0.1) is 0 Å². The van der Waals surface area contributed by atoms with Crippen LogP contribution in [0.4, 0.5) is 0 Å². The van der Waals surface area contributed by atoms with Crippen molar-refractivity contribution >= 4 is 27.4 Å². The van der Waals surface area contributed by atoms with Crippen molar-refractivity contribution in [2.24, 2.45) is 0 Å². The first-order valence-corrected chi connectivity index (χ1v) is 7.44. The summed E-state index contributed by atoms with van der Waals surface area (Å²) in [6.45, 7) is 3.32. The topological polar surface area (TPSA) is 86.5 Å². The summed E-state index contributed by atoms with van der Waals surface area (Å²) in [7, 11) is -3.70. The highest BCUT2D eigenvalue weighted by Gasteiger charge is 2.29. The molecule has 1 aromatic rings. The largest absolute Gasteiger partial charge is 0.461 e. The molecule has 8 heteroatoms. The standard InChI is InChI=1S/C10H14ClNO5S/c1-3-16-9(13)8-6-17-10(12-8)18(14,15)7(2)4-5-11/h6-7H,3-5H2,1-2H3. The van der Waals surface area contributed by atoms with Crippen LogP contribution in [-0.4, -0.2) is 37.1 Å². The number of alkyl halides is 1. The van der Waals surface area contributed by atoms with Gasteiger partial charge in [0.05, 0.1) is 11.9 Å². The van der Waals surface area contributed by atoms with Gasteiger partial charge in [0.15, 0.2) is 5.69 Å². The van der Waals surface area contributed by atoms with Crippen LogP contribution in [-0.2, 0) is 14.6 Å². The number of sulfone groups is 1. The third-order valence-electron chi connectivity index (χ3n) is 2.26. The number of rotatable bonds is 6. The quantitative estimate of drug-likeness (QED) is 0.586. The van der Waals surface area contributed by atoms with Gasteiger partial charge in [-0.1, -0.05) is 0 Å². The van der Waals surface area contributed by atoms with Crippen molar-refractivity contribution in [1.29, 1.82) is 0 Å². The summed E-state index contributed by atoms with van der Waals surface area (Å²) < 4.78 is 33.4. The molecular weight excluding hydrogens is 282 g/mol. The van der Waals surface area contributed by atoms with E-state index in [9.17, 15) is 13.2 Å². The van der Waals surface area contributed by atoms with Gasteiger partial charge in [-0.05, 0) is 20.3 Å². The second-order valence-electron chi connectivity index (χ2n) is 3.55. The summed E-state index contributed by atoms with van der Waals surface area (Å²) in [4.78, 5) is 15.0. The number of hydrogen-bond acceptors (Lipinski definition) is 6. The molecule has 6 nitrogen and oxygen atoms in total. The van der Waals surface area contributed by atoms with E-state index >= 15 is 0 Å². The SMILES string of the molecule is CCOC(=O)c1coc(S(=O)(=O)C(C)CCCl)n1. The van der Waals surface area contributed by atoms with Crippen molar-refractivity contribution in [3.05, 3.63) is 12.0 Å². The molecule has 0 N–H and O–H groups in total. The average molecular weight is 296 g/mol. The Morgan fingerprint density at radius 3 is 2.83 bits per heavy atom. The van der Waals surface area contributed by atoms with Gasteiger partial charge < -0.3 is 9.15 Å². The normalized spacial score (nSPS) is 13.3. The number of carbonyl (C=O) groups excluding carboxylic acids is 1. The van der Waals surface area contributed by atoms with Crippen molar-refractivity contribution < 1.29 is 22.4 Å². The van der Waals surface area contributed by atoms with Gasteiger partial charge in [-0.15, -0.1) is 11.6 Å². The number of nitrogens with zero attached hydrogens (tertiary/aromatic N) is 1. The molecule has 0 aliphatic rings. The zero-order valence-corrected chi connectivity index (χ0v) is 11.6. The Morgan fingerprint density at radius 1 is 1.61 bits per heavy atom. The van der Waals surface area contributed by atoms with E-state index in [1.807, 2.05) is 0 Å². The van der Waals surface area contributed by atoms with E-state index in [-0.39, 0.29) is 24.6 Å². The van der Waals surface area contributed by atoms with Crippen LogP contribution >= 0.6 is 11.6 Å². The van der Waals surface area contributed by atoms with Gasteiger partial charge in [0.2, 0.25) is 9.84 Å². The lowest BCUT2D eigenvalue weighted by Crippen LogP contribution is -2.19. The van der Waals surface area contributed by atoms with Crippen LogP contribution < -0.4 is 0 Å². The predicted octanol–water partition coefficient (Wildman–Crippen LogP) is 1.64. The Hall–Kier alpha value is -1.08. The fourth-order valence-electron chi connectivity index (χ4n) is 1.17. The predicted molar refractivity (Wildman–Crippen MR) is 64.4 cm³/mol. The lowest BCUT2D eigenvalue weighted by atomic mass is 10.4. The number of oxazole rings is 1. The molecule has 1 aromatic heterocycles. The van der Waals surface area contributed by atoms with E-state index in [2.05, 4.69) is 9.72 Å². The molecule has 18 heavy (non-hydrogen) atoms. The summed E-state index contributed by atoms with van der Waals surface area (Å²) in [6, 6.07) is 0. The van der Waals surface area contributed by atoms with E-state index in [1.54, 1.807) is 6.92 Å². The number of halogens is 1. The number of carbonyl (C=O) groups is 1. The average Bonchev–Trinajstić information content (AvgIpc) is 2.79. The Kier molecular flexibility index (Phi) is 5.15. The van der Waals surface area contributed by atoms with E-state index in [0.29, 0.717) is 0 Å². The molecule has 0 amide bonds. The van der Waals surface area contributed by atoms with Crippen LogP contribution in [0.15, 0.2) is 15.9 Å². The summed E-state index contributed by atoms with van der Waals surface area (Å²) in [5, 5.41) is -1.20. The fourth-order valence-corrected chi connectivity index (χ4v) is 2.80. The van der Waals surface area contributed by atoms with Gasteiger partial charge in [0, 0.05) is 5.88 Å². The Balaban J connectivity index is 2.95. The first-order chi connectivity index (χ1) is 8.43. The van der Waals surface area contributed by atoms with E-state index in [0.717, 1.165) is 6.26 Å². The molecule has 0 aliphatic carbocycles. The van der Waals surface area contributed by atoms with Gasteiger partial charge in [-0.3, -0.25) is 0 Å². The molecule has 0 saturated heterocycles. The molecule has 1 unspecified atom stereocenters. The third-order valence-corrected chi connectivity index (χ3v) is 4.44. The van der Waals surface area contributed by atoms with Gasteiger partial charge >= 0.3 is 11.2 Å². The molecule has 1 atom stereocenters. The zero-order valence-electron chi connectivity index (χ0n) is 10.1. The second kappa shape index (κ2) is 6.19. The molecule has 0 bridgehead atoms. The van der Waals surface area contributed by atoms with Crippen LogP contribution in [0.25, 0.3) is 0 Å². The maximum atomic E-state index is 11.9. The summed E-state index contributed by atoms with van der Waals surface area (Å²) in [5.41, 5.74) is -0.159. The lowest BCUT2D eigenvalue weighted by molar-refractivity contribution is 0.0519. The molecule has 1 heterocycles. The summed E-state index contributed by atoms with van der Waals surface area (Å²) in [6.07, 6.45) is 1.25. The van der Waals surface area contributed by atoms with Gasteiger partial charge in [0.1, 0.15) is 6.26 Å². The number of ether oxygens (including phenoxy) is 1. The summed E-state index contributed by atoms with van der Waals surface area (Å²) >= 11 is 5.50. The number of hydrogen-bond donors (Lipinski definition) is 0. The molecule has 0 aromatic carbocycles. The van der Waals surface area contributed by atoms with Crippen LogP contribution in [0.1, 0.15) is 30.8 Å².